The van der Waals surface area contributed by atoms with Gasteiger partial charge in [-0.25, -0.2) is 0 Å². The Morgan fingerprint density at radius 1 is 1.38 bits per heavy atom. The molecule has 2 aliphatic rings. The van der Waals surface area contributed by atoms with E-state index in [9.17, 15) is 14.4 Å². The molecule has 1 aromatic rings. The third-order valence-corrected chi connectivity index (χ3v) is 4.21. The van der Waals surface area contributed by atoms with Crippen LogP contribution in [0.4, 0.5) is 0 Å². The van der Waals surface area contributed by atoms with Crippen LogP contribution >= 0.6 is 11.6 Å². The molecule has 2 heterocycles. The summed E-state index contributed by atoms with van der Waals surface area (Å²) in [5.41, 5.74) is -0.645. The lowest BCUT2D eigenvalue weighted by molar-refractivity contribution is -0.143. The van der Waals surface area contributed by atoms with Crippen LogP contribution in [0.2, 0.25) is 5.02 Å². The zero-order valence-corrected chi connectivity index (χ0v) is 12.6. The first-order chi connectivity index (χ1) is 9.80. The molecule has 0 bridgehead atoms. The molecule has 0 unspecified atom stereocenters. The fourth-order valence-corrected chi connectivity index (χ4v) is 2.73. The Morgan fingerprint density at radius 2 is 2.05 bits per heavy atom. The second-order valence-corrected chi connectivity index (χ2v) is 6.45. The summed E-state index contributed by atoms with van der Waals surface area (Å²) < 4.78 is 1.84. The first-order valence-electron chi connectivity index (χ1n) is 6.84. The summed E-state index contributed by atoms with van der Waals surface area (Å²) >= 11 is 6.01. The van der Waals surface area contributed by atoms with E-state index in [4.69, 9.17) is 11.6 Å². The molecule has 1 N–H and O–H groups in total. The molecule has 1 aliphatic carbocycles. The Bertz CT molecular complexity index is 646. The van der Waals surface area contributed by atoms with E-state index in [1.165, 1.54) is 4.90 Å². The molecule has 1 aliphatic heterocycles. The lowest BCUT2D eigenvalue weighted by atomic mass is 9.98. The summed E-state index contributed by atoms with van der Waals surface area (Å²) in [5, 5.41) is 2.74. The van der Waals surface area contributed by atoms with E-state index in [1.54, 1.807) is 26.1 Å². The minimum absolute atomic E-state index is 0.134. The molecule has 2 fully saturated rings. The van der Waals surface area contributed by atoms with Crippen molar-refractivity contribution in [3.63, 3.8) is 0 Å². The second-order valence-electron chi connectivity index (χ2n) is 6.01. The maximum atomic E-state index is 12.8. The molecule has 112 valence electrons. The monoisotopic (exact) mass is 309 g/mol. The SMILES string of the molecule is CC1(C)C(=O)NC(=O)CN1C(=O)c1cc(Cl)cn1C1CC1. The molecule has 0 spiro atoms. The predicted octanol–water partition coefficient (Wildman–Crippen LogP) is 1.35. The summed E-state index contributed by atoms with van der Waals surface area (Å²) in [6.45, 7) is 3.11. The number of piperazine rings is 1. The Labute approximate surface area is 127 Å². The highest BCUT2D eigenvalue weighted by Gasteiger charge is 2.44. The van der Waals surface area contributed by atoms with Gasteiger partial charge in [-0.05, 0) is 32.8 Å². The van der Waals surface area contributed by atoms with Crippen molar-refractivity contribution in [1.82, 2.24) is 14.8 Å². The number of carbonyl (C=O) groups excluding carboxylic acids is 3. The first kappa shape index (κ1) is 14.1. The fraction of sp³-hybridized carbons (Fsp3) is 0.500. The van der Waals surface area contributed by atoms with Crippen molar-refractivity contribution in [2.24, 2.45) is 0 Å². The lowest BCUT2D eigenvalue weighted by Crippen LogP contribution is -2.65. The van der Waals surface area contributed by atoms with Gasteiger partial charge in [0, 0.05) is 12.2 Å². The molecule has 1 saturated carbocycles. The van der Waals surface area contributed by atoms with Gasteiger partial charge in [0.05, 0.1) is 5.02 Å². The number of nitrogens with one attached hydrogen (secondary N) is 1. The summed E-state index contributed by atoms with van der Waals surface area (Å²) in [6.07, 6.45) is 3.74. The number of hydrogen-bond donors (Lipinski definition) is 1. The molecular weight excluding hydrogens is 294 g/mol. The van der Waals surface area contributed by atoms with Gasteiger partial charge in [0.25, 0.3) is 11.8 Å². The summed E-state index contributed by atoms with van der Waals surface area (Å²) in [6, 6.07) is 1.88. The summed E-state index contributed by atoms with van der Waals surface area (Å²) in [4.78, 5) is 37.6. The van der Waals surface area contributed by atoms with Crippen molar-refractivity contribution < 1.29 is 14.4 Å². The molecular formula is C14H16ClN3O3. The van der Waals surface area contributed by atoms with E-state index < -0.39 is 17.4 Å². The van der Waals surface area contributed by atoms with Crippen LogP contribution in [-0.2, 0) is 9.59 Å². The van der Waals surface area contributed by atoms with Crippen LogP contribution in [0.3, 0.4) is 0 Å². The molecule has 3 amide bonds. The molecule has 0 radical (unpaired) electrons. The minimum atomic E-state index is -1.07. The average molecular weight is 310 g/mol. The highest BCUT2D eigenvalue weighted by Crippen LogP contribution is 2.38. The highest BCUT2D eigenvalue weighted by molar-refractivity contribution is 6.31. The normalized spacial score (nSPS) is 21.4. The van der Waals surface area contributed by atoms with Crippen LogP contribution in [0, 0.1) is 0 Å². The molecule has 3 rings (SSSR count). The standard InChI is InChI=1S/C14H16ClN3O3/c1-14(2)13(21)16-11(19)7-18(14)12(20)10-5-8(15)6-17(10)9-3-4-9/h5-6,9H,3-4,7H2,1-2H3,(H,16,19,21). The van der Waals surface area contributed by atoms with E-state index in [0.717, 1.165) is 12.8 Å². The number of nitrogens with zero attached hydrogens (tertiary/aromatic N) is 2. The van der Waals surface area contributed by atoms with Crippen LogP contribution < -0.4 is 5.32 Å². The van der Waals surface area contributed by atoms with Crippen LogP contribution in [0.25, 0.3) is 0 Å². The number of hydrogen-bond acceptors (Lipinski definition) is 3. The quantitative estimate of drug-likeness (QED) is 0.838. The third-order valence-electron chi connectivity index (χ3n) is 4.00. The highest BCUT2D eigenvalue weighted by atomic mass is 35.5. The molecule has 21 heavy (non-hydrogen) atoms. The van der Waals surface area contributed by atoms with Gasteiger partial charge in [0.2, 0.25) is 5.91 Å². The third kappa shape index (κ3) is 2.33. The van der Waals surface area contributed by atoms with E-state index in [1.807, 2.05) is 4.57 Å². The molecule has 0 atom stereocenters. The molecule has 0 aromatic carbocycles. The zero-order chi connectivity index (χ0) is 15.4. The van der Waals surface area contributed by atoms with Crippen molar-refractivity contribution >= 4 is 29.3 Å². The Balaban J connectivity index is 1.97. The lowest BCUT2D eigenvalue weighted by Gasteiger charge is -2.40. The topological polar surface area (TPSA) is 71.4 Å². The molecule has 6 nitrogen and oxygen atoms in total. The van der Waals surface area contributed by atoms with E-state index in [2.05, 4.69) is 5.32 Å². The van der Waals surface area contributed by atoms with Crippen molar-refractivity contribution in [2.75, 3.05) is 6.54 Å². The van der Waals surface area contributed by atoms with Crippen LogP contribution in [-0.4, -0.2) is 39.3 Å². The minimum Gasteiger partial charge on any atom is -0.339 e. The molecule has 7 heteroatoms. The van der Waals surface area contributed by atoms with Crippen LogP contribution in [0.5, 0.6) is 0 Å². The van der Waals surface area contributed by atoms with Gasteiger partial charge in [0.1, 0.15) is 17.8 Å². The van der Waals surface area contributed by atoms with Gasteiger partial charge < -0.3 is 9.47 Å². The largest absolute Gasteiger partial charge is 0.339 e. The number of amides is 3. The number of halogens is 1. The van der Waals surface area contributed by atoms with E-state index in [-0.39, 0.29) is 18.5 Å². The van der Waals surface area contributed by atoms with Crippen molar-refractivity contribution in [3.05, 3.63) is 23.0 Å². The van der Waals surface area contributed by atoms with Gasteiger partial charge in [0.15, 0.2) is 0 Å². The Kier molecular flexibility index (Phi) is 3.09. The van der Waals surface area contributed by atoms with Gasteiger partial charge in [-0.15, -0.1) is 0 Å². The van der Waals surface area contributed by atoms with Crippen molar-refractivity contribution in [3.8, 4) is 0 Å². The van der Waals surface area contributed by atoms with Gasteiger partial charge in [-0.3, -0.25) is 19.7 Å². The molecule has 1 saturated heterocycles. The molecule has 1 aromatic heterocycles. The zero-order valence-electron chi connectivity index (χ0n) is 11.9. The Morgan fingerprint density at radius 3 is 2.67 bits per heavy atom. The van der Waals surface area contributed by atoms with Crippen molar-refractivity contribution in [2.45, 2.75) is 38.3 Å². The Hall–Kier alpha value is -1.82. The van der Waals surface area contributed by atoms with Gasteiger partial charge in [-0.1, -0.05) is 11.6 Å². The van der Waals surface area contributed by atoms with Crippen LogP contribution in [0.1, 0.15) is 43.2 Å². The maximum Gasteiger partial charge on any atom is 0.271 e. The van der Waals surface area contributed by atoms with Gasteiger partial charge >= 0.3 is 0 Å². The van der Waals surface area contributed by atoms with Crippen LogP contribution in [0.15, 0.2) is 12.3 Å². The predicted molar refractivity (Wildman–Crippen MR) is 76.0 cm³/mol. The number of rotatable bonds is 2. The number of aromatic nitrogens is 1. The second kappa shape index (κ2) is 4.59. The summed E-state index contributed by atoms with van der Waals surface area (Å²) in [7, 11) is 0. The van der Waals surface area contributed by atoms with E-state index in [0.29, 0.717) is 10.7 Å². The van der Waals surface area contributed by atoms with E-state index >= 15 is 0 Å². The maximum absolute atomic E-state index is 12.8. The van der Waals surface area contributed by atoms with Gasteiger partial charge in [-0.2, -0.15) is 0 Å². The smallest absolute Gasteiger partial charge is 0.271 e. The summed E-state index contributed by atoms with van der Waals surface area (Å²) in [5.74, 6) is -1.28. The number of carbonyl (C=O) groups is 3. The fourth-order valence-electron chi connectivity index (χ4n) is 2.52. The first-order valence-corrected chi connectivity index (χ1v) is 7.22. The average Bonchev–Trinajstić information content (AvgIpc) is 3.16. The number of imide groups is 1. The van der Waals surface area contributed by atoms with Crippen molar-refractivity contribution in [1.29, 1.82) is 0 Å².